The van der Waals surface area contributed by atoms with Crippen LogP contribution in [0.4, 0.5) is 0 Å². The van der Waals surface area contributed by atoms with Crippen LogP contribution in [0.5, 0.6) is 11.5 Å². The molecule has 1 aromatic carbocycles. The zero-order valence-electron chi connectivity index (χ0n) is 16.2. The van der Waals surface area contributed by atoms with Crippen molar-refractivity contribution in [2.24, 2.45) is 0 Å². The molecule has 2 aliphatic rings. The Balaban J connectivity index is 1.29. The van der Waals surface area contributed by atoms with Crippen molar-refractivity contribution in [2.75, 3.05) is 13.2 Å². The summed E-state index contributed by atoms with van der Waals surface area (Å²) in [5, 5.41) is 5.78. The van der Waals surface area contributed by atoms with Gasteiger partial charge in [-0.25, -0.2) is 4.98 Å². The third-order valence-electron chi connectivity index (χ3n) is 5.36. The smallest absolute Gasteiger partial charge is 0.261 e. The first-order valence-electron chi connectivity index (χ1n) is 10.0. The molecule has 152 valence electrons. The summed E-state index contributed by atoms with van der Waals surface area (Å²) in [6, 6.07) is 8.25. The second-order valence-corrected chi connectivity index (χ2v) is 8.49. The van der Waals surface area contributed by atoms with Crippen LogP contribution < -0.4 is 15.0 Å². The highest BCUT2D eigenvalue weighted by atomic mass is 32.2. The first-order chi connectivity index (χ1) is 14.8. The topological polar surface area (TPSA) is 83.5 Å². The lowest BCUT2D eigenvalue weighted by atomic mass is 10.2. The Morgan fingerprint density at radius 1 is 1.13 bits per heavy atom. The number of nitrogens with zero attached hydrogens (tertiary/aromatic N) is 5. The van der Waals surface area contributed by atoms with Gasteiger partial charge in [0.1, 0.15) is 0 Å². The maximum atomic E-state index is 12.7. The Morgan fingerprint density at radius 2 is 2.00 bits per heavy atom. The van der Waals surface area contributed by atoms with Crippen LogP contribution in [-0.2, 0) is 5.75 Å². The van der Waals surface area contributed by atoms with E-state index in [0.29, 0.717) is 41.3 Å². The van der Waals surface area contributed by atoms with E-state index in [2.05, 4.69) is 15.1 Å². The molecule has 4 aromatic rings. The van der Waals surface area contributed by atoms with E-state index in [1.807, 2.05) is 30.5 Å². The molecule has 30 heavy (non-hydrogen) atoms. The molecular weight excluding hydrogens is 402 g/mol. The molecule has 1 aliphatic heterocycles. The van der Waals surface area contributed by atoms with Gasteiger partial charge in [-0.05, 0) is 36.6 Å². The summed E-state index contributed by atoms with van der Waals surface area (Å²) < 4.78 is 14.9. The molecule has 3 aromatic heterocycles. The van der Waals surface area contributed by atoms with Crippen LogP contribution in [0.25, 0.3) is 16.7 Å². The standard InChI is InChI=1S/C21H19N5O3S/c27-19-15-11-22-20-23-21(24-26(20)16(15)6-7-25(19)14-3-4-14)30-12-13-2-5-17-18(10-13)29-9-1-8-28-17/h2,5-7,10-11,14H,1,3-4,8-9,12H2. The zero-order chi connectivity index (χ0) is 20.1. The normalized spacial score (nSPS) is 16.1. The Bertz CT molecular complexity index is 1330. The molecule has 1 fully saturated rings. The summed E-state index contributed by atoms with van der Waals surface area (Å²) >= 11 is 1.52. The molecule has 0 saturated heterocycles. The average Bonchev–Trinajstić information content (AvgIpc) is 3.55. The van der Waals surface area contributed by atoms with Gasteiger partial charge in [-0.1, -0.05) is 17.8 Å². The molecule has 6 rings (SSSR count). The molecule has 4 heterocycles. The van der Waals surface area contributed by atoms with Gasteiger partial charge < -0.3 is 14.0 Å². The van der Waals surface area contributed by atoms with Crippen LogP contribution in [0.1, 0.15) is 30.9 Å². The van der Waals surface area contributed by atoms with Crippen LogP contribution in [0.15, 0.2) is 46.6 Å². The van der Waals surface area contributed by atoms with Crippen molar-refractivity contribution in [1.29, 1.82) is 0 Å². The van der Waals surface area contributed by atoms with E-state index in [0.717, 1.165) is 41.8 Å². The van der Waals surface area contributed by atoms with Crippen molar-refractivity contribution >= 4 is 28.4 Å². The second-order valence-electron chi connectivity index (χ2n) is 7.54. The molecule has 1 aliphatic carbocycles. The highest BCUT2D eigenvalue weighted by Crippen LogP contribution is 2.34. The van der Waals surface area contributed by atoms with Crippen LogP contribution in [0.3, 0.4) is 0 Å². The molecular formula is C21H19N5O3S. The van der Waals surface area contributed by atoms with E-state index in [4.69, 9.17) is 9.47 Å². The third-order valence-corrected chi connectivity index (χ3v) is 6.27. The number of rotatable bonds is 4. The van der Waals surface area contributed by atoms with Crippen molar-refractivity contribution < 1.29 is 9.47 Å². The first kappa shape index (κ1) is 17.8. The quantitative estimate of drug-likeness (QED) is 0.468. The first-order valence-corrected chi connectivity index (χ1v) is 11.0. The number of pyridine rings is 1. The monoisotopic (exact) mass is 421 g/mol. The lowest BCUT2D eigenvalue weighted by molar-refractivity contribution is 0.297. The summed E-state index contributed by atoms with van der Waals surface area (Å²) in [4.78, 5) is 21.6. The van der Waals surface area contributed by atoms with Crippen LogP contribution in [0.2, 0.25) is 0 Å². The Kier molecular flexibility index (Phi) is 4.15. The molecule has 0 amide bonds. The molecule has 8 nitrogen and oxygen atoms in total. The fourth-order valence-electron chi connectivity index (χ4n) is 3.66. The third kappa shape index (κ3) is 3.09. The van der Waals surface area contributed by atoms with Crippen molar-refractivity contribution in [3.8, 4) is 11.5 Å². The van der Waals surface area contributed by atoms with Gasteiger partial charge in [0, 0.05) is 30.6 Å². The zero-order valence-corrected chi connectivity index (χ0v) is 17.0. The van der Waals surface area contributed by atoms with E-state index in [9.17, 15) is 4.79 Å². The average molecular weight is 421 g/mol. The van der Waals surface area contributed by atoms with Crippen molar-refractivity contribution in [3.05, 3.63) is 52.6 Å². The maximum Gasteiger partial charge on any atom is 0.261 e. The van der Waals surface area contributed by atoms with Crippen molar-refractivity contribution in [3.63, 3.8) is 0 Å². The van der Waals surface area contributed by atoms with E-state index < -0.39 is 0 Å². The summed E-state index contributed by atoms with van der Waals surface area (Å²) in [6.07, 6.45) is 6.47. The van der Waals surface area contributed by atoms with E-state index in [-0.39, 0.29) is 5.56 Å². The number of thioether (sulfide) groups is 1. The predicted octanol–water partition coefficient (Wildman–Crippen LogP) is 3.23. The molecule has 0 atom stereocenters. The van der Waals surface area contributed by atoms with Gasteiger partial charge in [0.05, 0.1) is 24.1 Å². The summed E-state index contributed by atoms with van der Waals surface area (Å²) in [7, 11) is 0. The number of benzene rings is 1. The molecule has 0 spiro atoms. The summed E-state index contributed by atoms with van der Waals surface area (Å²) in [6.45, 7) is 1.34. The fourth-order valence-corrected chi connectivity index (χ4v) is 4.42. The highest BCUT2D eigenvalue weighted by molar-refractivity contribution is 7.98. The van der Waals surface area contributed by atoms with Gasteiger partial charge in [-0.15, -0.1) is 5.10 Å². The van der Waals surface area contributed by atoms with Gasteiger partial charge in [0.15, 0.2) is 11.5 Å². The maximum absolute atomic E-state index is 12.7. The minimum absolute atomic E-state index is 0.0127. The Morgan fingerprint density at radius 3 is 2.87 bits per heavy atom. The molecule has 0 radical (unpaired) electrons. The summed E-state index contributed by atoms with van der Waals surface area (Å²) in [5.41, 5.74) is 1.83. The molecule has 9 heteroatoms. The van der Waals surface area contributed by atoms with Crippen molar-refractivity contribution in [2.45, 2.75) is 36.2 Å². The van der Waals surface area contributed by atoms with E-state index >= 15 is 0 Å². The number of ether oxygens (including phenoxy) is 2. The SMILES string of the molecule is O=c1c2cnc3nc(SCc4ccc5c(c4)OCCCO5)nn3c2ccn1C1CC1. The minimum atomic E-state index is -0.0127. The second kappa shape index (κ2) is 7.02. The number of hydrogen-bond donors (Lipinski definition) is 0. The largest absolute Gasteiger partial charge is 0.490 e. The van der Waals surface area contributed by atoms with Crippen molar-refractivity contribution in [1.82, 2.24) is 24.1 Å². The van der Waals surface area contributed by atoms with Gasteiger partial charge in [0.25, 0.3) is 11.3 Å². The molecule has 0 bridgehead atoms. The lowest BCUT2D eigenvalue weighted by Crippen LogP contribution is -2.19. The van der Waals surface area contributed by atoms with Crippen LogP contribution in [-0.4, -0.2) is 37.4 Å². The van der Waals surface area contributed by atoms with Crippen LogP contribution in [0, 0.1) is 0 Å². The molecule has 1 saturated carbocycles. The molecule has 0 unspecified atom stereocenters. The van der Waals surface area contributed by atoms with E-state index in [1.54, 1.807) is 15.3 Å². The van der Waals surface area contributed by atoms with Gasteiger partial charge >= 0.3 is 0 Å². The number of fused-ring (bicyclic) bond motifs is 4. The highest BCUT2D eigenvalue weighted by Gasteiger charge is 2.25. The number of hydrogen-bond acceptors (Lipinski definition) is 7. The molecule has 0 N–H and O–H groups in total. The Hall–Kier alpha value is -3.07. The minimum Gasteiger partial charge on any atom is -0.490 e. The number of aromatic nitrogens is 5. The fraction of sp³-hybridized carbons (Fsp3) is 0.333. The van der Waals surface area contributed by atoms with Gasteiger partial charge in [-0.3, -0.25) is 4.79 Å². The van der Waals surface area contributed by atoms with Gasteiger partial charge in [0.2, 0.25) is 5.16 Å². The predicted molar refractivity (Wildman–Crippen MR) is 112 cm³/mol. The van der Waals surface area contributed by atoms with E-state index in [1.165, 1.54) is 11.8 Å². The van der Waals surface area contributed by atoms with Gasteiger partial charge in [-0.2, -0.15) is 9.50 Å². The van der Waals surface area contributed by atoms with Crippen LogP contribution >= 0.6 is 11.8 Å². The summed E-state index contributed by atoms with van der Waals surface area (Å²) in [5.74, 6) is 2.76. The lowest BCUT2D eigenvalue weighted by Gasteiger charge is -2.08. The Labute approximate surface area is 175 Å².